The monoisotopic (exact) mass is 364 g/mol. The Bertz CT molecular complexity index is 881. The Labute approximate surface area is 156 Å². The number of aromatic nitrogens is 1. The fraction of sp³-hybridized carbons (Fsp3) is 0.286. The van der Waals surface area contributed by atoms with Crippen LogP contribution >= 0.6 is 0 Å². The van der Waals surface area contributed by atoms with Gasteiger partial charge in [0.1, 0.15) is 12.4 Å². The summed E-state index contributed by atoms with van der Waals surface area (Å²) in [5.74, 6) is -1.75. The second kappa shape index (κ2) is 7.23. The molecule has 1 saturated carbocycles. The number of nitrogens with one attached hydrogen (secondary N) is 1. The molecule has 27 heavy (non-hydrogen) atoms. The van der Waals surface area contributed by atoms with Crippen molar-refractivity contribution < 1.29 is 19.4 Å². The van der Waals surface area contributed by atoms with E-state index in [1.807, 2.05) is 30.4 Å². The van der Waals surface area contributed by atoms with Gasteiger partial charge in [0.15, 0.2) is 0 Å². The molecule has 0 radical (unpaired) electrons. The number of pyridine rings is 1. The number of aliphatic carboxylic acids is 1. The van der Waals surface area contributed by atoms with Gasteiger partial charge in [-0.2, -0.15) is 0 Å². The van der Waals surface area contributed by atoms with Crippen molar-refractivity contribution in [3.63, 3.8) is 0 Å². The van der Waals surface area contributed by atoms with E-state index in [0.717, 1.165) is 12.0 Å². The van der Waals surface area contributed by atoms with Crippen LogP contribution in [0.25, 0.3) is 0 Å². The molecular weight excluding hydrogens is 344 g/mol. The van der Waals surface area contributed by atoms with Crippen LogP contribution in [-0.4, -0.2) is 22.0 Å². The lowest BCUT2D eigenvalue weighted by molar-refractivity contribution is -0.146. The topological polar surface area (TPSA) is 88.5 Å². The quantitative estimate of drug-likeness (QED) is 0.769. The zero-order chi connectivity index (χ0) is 18.8. The van der Waals surface area contributed by atoms with Crippen molar-refractivity contribution >= 4 is 17.6 Å². The standard InChI is InChI=1S/C21H20N2O4/c24-20(18-14-6-7-15(9-14)19(18)21(25)26)23-16-4-1-5-17(10-16)27-12-13-3-2-8-22-11-13/h1-8,10-11,14-15,18-19H,9,12H2,(H,23,24)(H,25,26)/t14-,15-,18+,19+/m0/s1. The first-order valence-electron chi connectivity index (χ1n) is 8.95. The Morgan fingerprint density at radius 1 is 1.15 bits per heavy atom. The largest absolute Gasteiger partial charge is 0.489 e. The zero-order valence-corrected chi connectivity index (χ0v) is 14.6. The molecule has 6 nitrogen and oxygen atoms in total. The predicted molar refractivity (Wildman–Crippen MR) is 99.0 cm³/mol. The van der Waals surface area contributed by atoms with Crippen LogP contribution in [0.1, 0.15) is 12.0 Å². The molecular formula is C21H20N2O4. The third-order valence-electron chi connectivity index (χ3n) is 5.28. The number of hydrogen-bond acceptors (Lipinski definition) is 4. The maximum atomic E-state index is 12.8. The summed E-state index contributed by atoms with van der Waals surface area (Å²) in [5, 5.41) is 12.4. The van der Waals surface area contributed by atoms with Gasteiger partial charge in [-0.25, -0.2) is 0 Å². The summed E-state index contributed by atoms with van der Waals surface area (Å²) in [6.45, 7) is 0.378. The fourth-order valence-electron chi connectivity index (χ4n) is 4.06. The second-order valence-electron chi connectivity index (χ2n) is 7.01. The van der Waals surface area contributed by atoms with Gasteiger partial charge in [-0.3, -0.25) is 14.6 Å². The molecule has 1 fully saturated rings. The van der Waals surface area contributed by atoms with Gasteiger partial charge in [0.25, 0.3) is 0 Å². The highest BCUT2D eigenvalue weighted by Crippen LogP contribution is 2.48. The molecule has 6 heteroatoms. The smallest absolute Gasteiger partial charge is 0.307 e. The molecule has 0 spiro atoms. The molecule has 2 aromatic rings. The Hall–Kier alpha value is -3.15. The molecule has 0 aliphatic heterocycles. The van der Waals surface area contributed by atoms with Gasteiger partial charge in [-0.15, -0.1) is 0 Å². The van der Waals surface area contributed by atoms with Crippen LogP contribution in [0.3, 0.4) is 0 Å². The van der Waals surface area contributed by atoms with Crippen LogP contribution in [0, 0.1) is 23.7 Å². The molecule has 1 aromatic carbocycles. The van der Waals surface area contributed by atoms with E-state index in [1.165, 1.54) is 0 Å². The third-order valence-corrected chi connectivity index (χ3v) is 5.28. The number of nitrogens with zero attached hydrogens (tertiary/aromatic N) is 1. The number of allylic oxidation sites excluding steroid dienone is 2. The summed E-state index contributed by atoms with van der Waals surface area (Å²) in [7, 11) is 0. The van der Waals surface area contributed by atoms with Gasteiger partial charge in [-0.05, 0) is 36.5 Å². The number of anilines is 1. The Morgan fingerprint density at radius 3 is 2.70 bits per heavy atom. The van der Waals surface area contributed by atoms with E-state index in [2.05, 4.69) is 10.3 Å². The molecule has 2 aliphatic carbocycles. The molecule has 0 unspecified atom stereocenters. The lowest BCUT2D eigenvalue weighted by atomic mass is 9.82. The minimum Gasteiger partial charge on any atom is -0.489 e. The zero-order valence-electron chi connectivity index (χ0n) is 14.6. The van der Waals surface area contributed by atoms with E-state index >= 15 is 0 Å². The van der Waals surface area contributed by atoms with E-state index in [4.69, 9.17) is 4.74 Å². The van der Waals surface area contributed by atoms with Crippen molar-refractivity contribution in [2.45, 2.75) is 13.0 Å². The average Bonchev–Trinajstić information content (AvgIpc) is 3.29. The highest BCUT2D eigenvalue weighted by Gasteiger charge is 2.51. The Balaban J connectivity index is 1.43. The lowest BCUT2D eigenvalue weighted by Crippen LogP contribution is -2.36. The van der Waals surface area contributed by atoms with E-state index in [9.17, 15) is 14.7 Å². The van der Waals surface area contributed by atoms with E-state index in [-0.39, 0.29) is 17.7 Å². The average molecular weight is 364 g/mol. The number of carbonyl (C=O) groups excluding carboxylic acids is 1. The first-order valence-corrected chi connectivity index (χ1v) is 8.95. The van der Waals surface area contributed by atoms with Gasteiger partial charge in [0, 0.05) is 29.7 Å². The summed E-state index contributed by atoms with van der Waals surface area (Å²) in [5.41, 5.74) is 1.55. The maximum Gasteiger partial charge on any atom is 0.307 e. The number of benzene rings is 1. The van der Waals surface area contributed by atoms with Crippen LogP contribution in [0.4, 0.5) is 5.69 Å². The number of carbonyl (C=O) groups is 2. The SMILES string of the molecule is O=C(O)[C@H]1[C@H](C(=O)Nc2cccc(OCc3cccnc3)c2)[C@H]2C=C[C@H]1C2. The summed E-state index contributed by atoms with van der Waals surface area (Å²) < 4.78 is 5.75. The first-order chi connectivity index (χ1) is 13.1. The summed E-state index contributed by atoms with van der Waals surface area (Å²) >= 11 is 0. The fourth-order valence-corrected chi connectivity index (χ4v) is 4.06. The Kier molecular flexibility index (Phi) is 4.62. The minimum atomic E-state index is -0.902. The van der Waals surface area contributed by atoms with Crippen molar-refractivity contribution in [1.29, 1.82) is 0 Å². The number of rotatable bonds is 6. The van der Waals surface area contributed by atoms with Crippen LogP contribution in [0.5, 0.6) is 5.75 Å². The molecule has 0 saturated heterocycles. The van der Waals surface area contributed by atoms with Crippen LogP contribution in [-0.2, 0) is 16.2 Å². The van der Waals surface area contributed by atoms with Crippen molar-refractivity contribution in [1.82, 2.24) is 4.98 Å². The molecule has 2 N–H and O–H groups in total. The first kappa shape index (κ1) is 17.3. The van der Waals surface area contributed by atoms with Crippen molar-refractivity contribution in [2.75, 3.05) is 5.32 Å². The van der Waals surface area contributed by atoms with Gasteiger partial charge >= 0.3 is 5.97 Å². The molecule has 1 amide bonds. The van der Waals surface area contributed by atoms with Crippen LogP contribution in [0.15, 0.2) is 60.9 Å². The van der Waals surface area contributed by atoms with Gasteiger partial charge in [0.2, 0.25) is 5.91 Å². The maximum absolute atomic E-state index is 12.8. The minimum absolute atomic E-state index is 0.00103. The van der Waals surface area contributed by atoms with Crippen LogP contribution < -0.4 is 10.1 Å². The van der Waals surface area contributed by atoms with Crippen molar-refractivity contribution in [3.05, 3.63) is 66.5 Å². The summed E-state index contributed by atoms with van der Waals surface area (Å²) in [6.07, 6.45) is 8.08. The number of carboxylic acid groups (broad SMARTS) is 1. The molecule has 4 atom stereocenters. The number of hydrogen-bond donors (Lipinski definition) is 2. The molecule has 138 valence electrons. The van der Waals surface area contributed by atoms with Gasteiger partial charge in [-0.1, -0.05) is 24.3 Å². The second-order valence-corrected chi connectivity index (χ2v) is 7.01. The Morgan fingerprint density at radius 2 is 1.96 bits per heavy atom. The summed E-state index contributed by atoms with van der Waals surface area (Å²) in [4.78, 5) is 28.4. The lowest BCUT2D eigenvalue weighted by Gasteiger charge is -2.24. The molecule has 1 heterocycles. The van der Waals surface area contributed by atoms with E-state index in [1.54, 1.807) is 30.6 Å². The van der Waals surface area contributed by atoms with Crippen LogP contribution in [0.2, 0.25) is 0 Å². The number of ether oxygens (including phenoxy) is 1. The molecule has 4 rings (SSSR count). The van der Waals surface area contributed by atoms with Gasteiger partial charge < -0.3 is 15.2 Å². The van der Waals surface area contributed by atoms with E-state index in [0.29, 0.717) is 18.0 Å². The highest BCUT2D eigenvalue weighted by atomic mass is 16.5. The normalized spacial score (nSPS) is 25.3. The summed E-state index contributed by atoms with van der Waals surface area (Å²) in [6, 6.07) is 10.9. The third kappa shape index (κ3) is 3.56. The van der Waals surface area contributed by atoms with Crippen molar-refractivity contribution in [2.24, 2.45) is 23.7 Å². The number of carboxylic acids is 1. The number of amides is 1. The van der Waals surface area contributed by atoms with Crippen molar-refractivity contribution in [3.8, 4) is 5.75 Å². The predicted octanol–water partition coefficient (Wildman–Crippen LogP) is 3.12. The molecule has 1 aromatic heterocycles. The molecule has 2 aliphatic rings. The highest BCUT2D eigenvalue weighted by molar-refractivity contribution is 5.96. The molecule has 2 bridgehead atoms. The number of fused-ring (bicyclic) bond motifs is 2. The van der Waals surface area contributed by atoms with E-state index < -0.39 is 17.8 Å². The van der Waals surface area contributed by atoms with Gasteiger partial charge in [0.05, 0.1) is 11.8 Å².